The molecule has 1 aromatic heterocycles. The average molecular weight is 404 g/mol. The number of benzene rings is 1. The number of ketones is 1. The zero-order valence-corrected chi connectivity index (χ0v) is 15.2. The second-order valence-corrected chi connectivity index (χ2v) is 6.90. The van der Waals surface area contributed by atoms with Gasteiger partial charge in [-0.2, -0.15) is 0 Å². The molecule has 0 atom stereocenters. The Labute approximate surface area is 156 Å². The average Bonchev–Trinajstić information content (AvgIpc) is 3.02. The zero-order chi connectivity index (χ0) is 18.6. The molecule has 2 rings (SSSR count). The van der Waals surface area contributed by atoms with E-state index in [0.717, 1.165) is 17.0 Å². The molecule has 0 aliphatic carbocycles. The third-order valence-corrected chi connectivity index (χ3v) is 4.74. The van der Waals surface area contributed by atoms with Gasteiger partial charge in [-0.25, -0.2) is 9.18 Å². The Balaban J connectivity index is 1.97. The third kappa shape index (κ3) is 5.26. The maximum Gasteiger partial charge on any atom is 0.340 e. The zero-order valence-electron chi connectivity index (χ0n) is 12.9. The van der Waals surface area contributed by atoms with Crippen LogP contribution in [-0.2, 0) is 16.1 Å². The number of halogens is 3. The summed E-state index contributed by atoms with van der Waals surface area (Å²) in [6.07, 6.45) is 0. The van der Waals surface area contributed by atoms with Crippen LogP contribution in [0, 0.1) is 5.82 Å². The van der Waals surface area contributed by atoms with E-state index in [4.69, 9.17) is 27.9 Å². The number of rotatable bonds is 6. The van der Waals surface area contributed by atoms with Crippen molar-refractivity contribution in [3.63, 3.8) is 0 Å². The number of esters is 1. The van der Waals surface area contributed by atoms with Gasteiger partial charge in [0.1, 0.15) is 5.82 Å². The monoisotopic (exact) mass is 403 g/mol. The molecular formula is C16H12Cl2FNO4S. The summed E-state index contributed by atoms with van der Waals surface area (Å²) in [5, 5.41) is 2.32. The fourth-order valence-electron chi connectivity index (χ4n) is 1.79. The topological polar surface area (TPSA) is 72.5 Å². The van der Waals surface area contributed by atoms with Gasteiger partial charge in [0.05, 0.1) is 27.0 Å². The van der Waals surface area contributed by atoms with Crippen molar-refractivity contribution < 1.29 is 23.5 Å². The highest BCUT2D eigenvalue weighted by molar-refractivity contribution is 7.14. The smallest absolute Gasteiger partial charge is 0.340 e. The third-order valence-electron chi connectivity index (χ3n) is 3.01. The second kappa shape index (κ2) is 8.42. The highest BCUT2D eigenvalue weighted by atomic mass is 35.5. The summed E-state index contributed by atoms with van der Waals surface area (Å²) in [4.78, 5) is 36.0. The van der Waals surface area contributed by atoms with Crippen LogP contribution in [0.5, 0.6) is 0 Å². The van der Waals surface area contributed by atoms with Crippen molar-refractivity contribution in [1.29, 1.82) is 0 Å². The Morgan fingerprint density at radius 3 is 2.60 bits per heavy atom. The van der Waals surface area contributed by atoms with Crippen LogP contribution in [0.3, 0.4) is 0 Å². The van der Waals surface area contributed by atoms with Gasteiger partial charge < -0.3 is 10.1 Å². The number of carbonyl (C=O) groups is 3. The molecule has 0 fully saturated rings. The van der Waals surface area contributed by atoms with E-state index in [1.54, 1.807) is 12.1 Å². The van der Waals surface area contributed by atoms with Gasteiger partial charge in [0.15, 0.2) is 6.61 Å². The first-order valence-corrected chi connectivity index (χ1v) is 8.53. The van der Waals surface area contributed by atoms with Crippen molar-refractivity contribution in [3.8, 4) is 0 Å². The minimum absolute atomic E-state index is 0.0717. The van der Waals surface area contributed by atoms with Crippen LogP contribution < -0.4 is 5.32 Å². The van der Waals surface area contributed by atoms with E-state index in [2.05, 4.69) is 5.32 Å². The van der Waals surface area contributed by atoms with Gasteiger partial charge >= 0.3 is 5.97 Å². The Hall–Kier alpha value is -1.96. The molecule has 5 nitrogen and oxygen atoms in total. The van der Waals surface area contributed by atoms with Gasteiger partial charge in [0.2, 0.25) is 11.7 Å². The first kappa shape index (κ1) is 19.4. The van der Waals surface area contributed by atoms with Crippen molar-refractivity contribution >= 4 is 52.2 Å². The SMILES string of the molecule is CC(=O)NCc1ccc(C(=O)COC(=O)c2cc(F)c(Cl)cc2Cl)s1. The number of hydrogen-bond donors (Lipinski definition) is 1. The van der Waals surface area contributed by atoms with Crippen molar-refractivity contribution in [1.82, 2.24) is 5.32 Å². The van der Waals surface area contributed by atoms with E-state index in [-0.39, 0.29) is 21.5 Å². The molecule has 0 aliphatic heterocycles. The van der Waals surface area contributed by atoms with Crippen LogP contribution in [0.2, 0.25) is 10.0 Å². The van der Waals surface area contributed by atoms with Crippen LogP contribution in [0.15, 0.2) is 24.3 Å². The molecule has 0 bridgehead atoms. The van der Waals surface area contributed by atoms with Gasteiger partial charge in [0, 0.05) is 11.8 Å². The Bertz CT molecular complexity index is 838. The van der Waals surface area contributed by atoms with Gasteiger partial charge in [-0.05, 0) is 24.3 Å². The lowest BCUT2D eigenvalue weighted by Gasteiger charge is -2.06. The first-order valence-electron chi connectivity index (χ1n) is 6.96. The lowest BCUT2D eigenvalue weighted by atomic mass is 10.2. The highest BCUT2D eigenvalue weighted by Gasteiger charge is 2.18. The molecule has 25 heavy (non-hydrogen) atoms. The molecular weight excluding hydrogens is 392 g/mol. The maximum atomic E-state index is 13.4. The molecule has 0 saturated carbocycles. The van der Waals surface area contributed by atoms with Crippen molar-refractivity contribution in [2.45, 2.75) is 13.5 Å². The molecule has 2 aromatic rings. The Kier molecular flexibility index (Phi) is 6.52. The van der Waals surface area contributed by atoms with E-state index >= 15 is 0 Å². The predicted molar refractivity (Wildman–Crippen MR) is 92.9 cm³/mol. The number of carbonyl (C=O) groups excluding carboxylic acids is 3. The van der Waals surface area contributed by atoms with E-state index in [9.17, 15) is 18.8 Å². The van der Waals surface area contributed by atoms with Crippen LogP contribution in [0.4, 0.5) is 4.39 Å². The molecule has 1 N–H and O–H groups in total. The standard InChI is InChI=1S/C16H12Cl2FNO4S/c1-8(21)20-6-9-2-3-15(25-9)14(22)7-24-16(23)10-4-13(19)12(18)5-11(10)17/h2-5H,6-7H2,1H3,(H,20,21). The molecule has 0 spiro atoms. The fourth-order valence-corrected chi connectivity index (χ4v) is 3.13. The summed E-state index contributed by atoms with van der Waals surface area (Å²) < 4.78 is 18.3. The van der Waals surface area contributed by atoms with Crippen LogP contribution in [0.1, 0.15) is 31.8 Å². The number of amides is 1. The summed E-state index contributed by atoms with van der Waals surface area (Å²) in [6.45, 7) is 1.19. The van der Waals surface area contributed by atoms with E-state index in [1.807, 2.05) is 0 Å². The molecule has 0 radical (unpaired) electrons. The van der Waals surface area contributed by atoms with E-state index < -0.39 is 24.2 Å². The first-order chi connectivity index (χ1) is 11.8. The van der Waals surface area contributed by atoms with Gasteiger partial charge in [0.25, 0.3) is 0 Å². The molecule has 0 unspecified atom stereocenters. The number of nitrogens with one attached hydrogen (secondary N) is 1. The molecule has 1 aromatic carbocycles. The minimum atomic E-state index is -0.927. The fraction of sp³-hybridized carbons (Fsp3) is 0.188. The van der Waals surface area contributed by atoms with Crippen molar-refractivity contribution in [2.75, 3.05) is 6.61 Å². The summed E-state index contributed by atoms with van der Waals surface area (Å²) in [6, 6.07) is 5.21. The van der Waals surface area contributed by atoms with Gasteiger partial charge in [-0.15, -0.1) is 11.3 Å². The maximum absolute atomic E-state index is 13.4. The normalized spacial score (nSPS) is 10.4. The number of hydrogen-bond acceptors (Lipinski definition) is 5. The van der Waals surface area contributed by atoms with Crippen LogP contribution >= 0.6 is 34.5 Å². The van der Waals surface area contributed by atoms with Crippen molar-refractivity contribution in [3.05, 3.63) is 55.4 Å². The van der Waals surface area contributed by atoms with Crippen LogP contribution in [-0.4, -0.2) is 24.3 Å². The van der Waals surface area contributed by atoms with E-state index in [1.165, 1.54) is 18.3 Å². The predicted octanol–water partition coefficient (Wildman–Crippen LogP) is 3.87. The molecule has 1 amide bonds. The molecule has 1 heterocycles. The summed E-state index contributed by atoms with van der Waals surface area (Å²) >= 11 is 12.6. The second-order valence-electron chi connectivity index (χ2n) is 4.92. The quantitative estimate of drug-likeness (QED) is 0.451. The molecule has 132 valence electrons. The largest absolute Gasteiger partial charge is 0.454 e. The van der Waals surface area contributed by atoms with Gasteiger partial charge in [-0.1, -0.05) is 23.2 Å². The lowest BCUT2D eigenvalue weighted by Crippen LogP contribution is -2.18. The molecule has 0 saturated heterocycles. The lowest BCUT2D eigenvalue weighted by molar-refractivity contribution is -0.119. The summed E-state index contributed by atoms with van der Waals surface area (Å²) in [5.41, 5.74) is -0.214. The van der Waals surface area contributed by atoms with Crippen molar-refractivity contribution in [2.24, 2.45) is 0 Å². The minimum Gasteiger partial charge on any atom is -0.454 e. The Morgan fingerprint density at radius 2 is 1.92 bits per heavy atom. The van der Waals surface area contributed by atoms with Crippen LogP contribution in [0.25, 0.3) is 0 Å². The molecule has 0 aliphatic rings. The number of ether oxygens (including phenoxy) is 1. The Morgan fingerprint density at radius 1 is 1.20 bits per heavy atom. The van der Waals surface area contributed by atoms with E-state index in [0.29, 0.717) is 11.4 Å². The van der Waals surface area contributed by atoms with Gasteiger partial charge in [-0.3, -0.25) is 9.59 Å². The number of thiophene rings is 1. The number of Topliss-reactive ketones (excluding diaryl/α,β-unsaturated/α-hetero) is 1. The summed E-state index contributed by atoms with van der Waals surface area (Å²) in [7, 11) is 0. The highest BCUT2D eigenvalue weighted by Crippen LogP contribution is 2.25. The molecule has 9 heteroatoms. The summed E-state index contributed by atoms with van der Waals surface area (Å²) in [5.74, 6) is -2.34.